The molecule has 2 fully saturated rings. The van der Waals surface area contributed by atoms with Crippen molar-refractivity contribution < 1.29 is 4.79 Å². The fourth-order valence-corrected chi connectivity index (χ4v) is 4.25. The molecule has 2 saturated heterocycles. The molecule has 0 radical (unpaired) electrons. The van der Waals surface area contributed by atoms with Crippen LogP contribution < -0.4 is 10.6 Å². The van der Waals surface area contributed by atoms with Crippen LogP contribution in [0, 0.1) is 5.41 Å². The molecule has 2 N–H and O–H groups in total. The topological polar surface area (TPSA) is 74.6 Å². The van der Waals surface area contributed by atoms with Gasteiger partial charge in [0.15, 0.2) is 5.96 Å². The van der Waals surface area contributed by atoms with Crippen LogP contribution in [0.1, 0.15) is 24.8 Å². The quantitative estimate of drug-likeness (QED) is 0.638. The van der Waals surface area contributed by atoms with Crippen LogP contribution in [0.2, 0.25) is 0 Å². The zero-order valence-corrected chi connectivity index (χ0v) is 15.7. The van der Waals surface area contributed by atoms with E-state index in [9.17, 15) is 4.79 Å². The average molecular weight is 366 g/mol. The lowest BCUT2D eigenvalue weighted by Crippen LogP contribution is -2.51. The number of benzene rings is 1. The van der Waals surface area contributed by atoms with Crippen LogP contribution in [0.3, 0.4) is 0 Å². The Kier molecular flexibility index (Phi) is 4.83. The number of rotatable bonds is 3. The number of para-hydroxylation sites is 1. The highest BCUT2D eigenvalue weighted by Crippen LogP contribution is 2.36. The van der Waals surface area contributed by atoms with Crippen molar-refractivity contribution in [2.75, 3.05) is 26.7 Å². The maximum atomic E-state index is 11.7. The van der Waals surface area contributed by atoms with E-state index in [4.69, 9.17) is 0 Å². The number of hydrogen-bond donors (Lipinski definition) is 2. The van der Waals surface area contributed by atoms with Gasteiger partial charge in [0, 0.05) is 57.5 Å². The van der Waals surface area contributed by atoms with Crippen LogP contribution in [0.15, 0.2) is 48.0 Å². The highest BCUT2D eigenvalue weighted by Gasteiger charge is 2.42. The van der Waals surface area contributed by atoms with Crippen LogP contribution in [-0.4, -0.2) is 53.0 Å². The van der Waals surface area contributed by atoms with Gasteiger partial charge in [0.25, 0.3) is 0 Å². The van der Waals surface area contributed by atoms with Crippen LogP contribution in [0.5, 0.6) is 0 Å². The standard InChI is InChI=1S/C20H26N6O/c1-21-19(25-9-4-7-20(14-25)11-18(27)24-13-20)23-12-16-5-2-3-6-17(16)26-10-8-22-15-26/h2-3,5-6,8,10,15H,4,7,9,11-14H2,1H3,(H,21,23)(H,24,27). The molecule has 2 aliphatic heterocycles. The number of nitrogens with one attached hydrogen (secondary N) is 2. The molecule has 0 aliphatic carbocycles. The molecule has 142 valence electrons. The molecule has 2 aliphatic rings. The summed E-state index contributed by atoms with van der Waals surface area (Å²) < 4.78 is 2.02. The number of likely N-dealkylation sites (tertiary alicyclic amines) is 1. The largest absolute Gasteiger partial charge is 0.355 e. The van der Waals surface area contributed by atoms with Crippen molar-refractivity contribution in [3.8, 4) is 5.69 Å². The van der Waals surface area contributed by atoms with Gasteiger partial charge < -0.3 is 20.1 Å². The highest BCUT2D eigenvalue weighted by molar-refractivity contribution is 5.81. The third-order valence-corrected chi connectivity index (χ3v) is 5.58. The molecule has 1 spiro atoms. The van der Waals surface area contributed by atoms with Crippen molar-refractivity contribution in [1.82, 2.24) is 25.1 Å². The molecule has 0 saturated carbocycles. The van der Waals surface area contributed by atoms with Crippen molar-refractivity contribution in [3.05, 3.63) is 48.5 Å². The SMILES string of the molecule is CN=C(NCc1ccccc1-n1ccnc1)N1CCCC2(CNC(=O)C2)C1. The van der Waals surface area contributed by atoms with Gasteiger partial charge in [-0.2, -0.15) is 0 Å². The van der Waals surface area contributed by atoms with E-state index in [0.29, 0.717) is 13.0 Å². The van der Waals surface area contributed by atoms with Gasteiger partial charge in [-0.3, -0.25) is 9.79 Å². The van der Waals surface area contributed by atoms with Crippen molar-refractivity contribution in [2.45, 2.75) is 25.8 Å². The van der Waals surface area contributed by atoms with E-state index in [1.165, 1.54) is 5.56 Å². The molecule has 1 atom stereocenters. The third-order valence-electron chi connectivity index (χ3n) is 5.58. The summed E-state index contributed by atoms with van der Waals surface area (Å²) in [4.78, 5) is 22.7. The van der Waals surface area contributed by atoms with Crippen molar-refractivity contribution in [1.29, 1.82) is 0 Å². The molecule has 2 aromatic rings. The number of aromatic nitrogens is 2. The van der Waals surface area contributed by atoms with Gasteiger partial charge in [-0.1, -0.05) is 18.2 Å². The second-order valence-electron chi connectivity index (χ2n) is 7.48. The Morgan fingerprint density at radius 2 is 2.30 bits per heavy atom. The minimum atomic E-state index is 0.0572. The predicted molar refractivity (Wildman–Crippen MR) is 105 cm³/mol. The number of nitrogens with zero attached hydrogens (tertiary/aromatic N) is 4. The van der Waals surface area contributed by atoms with Crippen LogP contribution in [-0.2, 0) is 11.3 Å². The molecule has 4 rings (SSSR count). The summed E-state index contributed by atoms with van der Waals surface area (Å²) in [6.45, 7) is 3.30. The van der Waals surface area contributed by atoms with E-state index in [-0.39, 0.29) is 11.3 Å². The Bertz CT molecular complexity index is 831. The Morgan fingerprint density at radius 1 is 1.41 bits per heavy atom. The summed E-state index contributed by atoms with van der Waals surface area (Å²) in [6, 6.07) is 8.29. The van der Waals surface area contributed by atoms with E-state index in [1.807, 2.05) is 36.3 Å². The number of hydrogen-bond acceptors (Lipinski definition) is 3. The number of amides is 1. The van der Waals surface area contributed by atoms with Gasteiger partial charge in [-0.05, 0) is 24.5 Å². The monoisotopic (exact) mass is 366 g/mol. The maximum Gasteiger partial charge on any atom is 0.220 e. The number of imidazole rings is 1. The minimum Gasteiger partial charge on any atom is -0.355 e. The first-order valence-corrected chi connectivity index (χ1v) is 9.48. The first kappa shape index (κ1) is 17.6. The summed E-state index contributed by atoms with van der Waals surface area (Å²) in [5.74, 6) is 1.07. The zero-order chi connectivity index (χ0) is 18.7. The zero-order valence-electron chi connectivity index (χ0n) is 15.7. The number of carbonyl (C=O) groups is 1. The summed E-state index contributed by atoms with van der Waals surface area (Å²) in [7, 11) is 1.82. The molecular formula is C20H26N6O. The molecule has 1 aromatic carbocycles. The molecule has 1 unspecified atom stereocenters. The molecule has 1 amide bonds. The third kappa shape index (κ3) is 3.67. The van der Waals surface area contributed by atoms with Crippen LogP contribution >= 0.6 is 0 Å². The summed E-state index contributed by atoms with van der Waals surface area (Å²) in [5.41, 5.74) is 2.35. The van der Waals surface area contributed by atoms with Crippen molar-refractivity contribution in [2.24, 2.45) is 10.4 Å². The minimum absolute atomic E-state index is 0.0572. The number of carbonyl (C=O) groups excluding carboxylic acids is 1. The van der Waals surface area contributed by atoms with Crippen LogP contribution in [0.25, 0.3) is 5.69 Å². The fraction of sp³-hybridized carbons (Fsp3) is 0.450. The van der Waals surface area contributed by atoms with Gasteiger partial charge >= 0.3 is 0 Å². The van der Waals surface area contributed by atoms with Gasteiger partial charge in [-0.25, -0.2) is 4.98 Å². The lowest BCUT2D eigenvalue weighted by molar-refractivity contribution is -0.119. The fourth-order valence-electron chi connectivity index (χ4n) is 4.25. The van der Waals surface area contributed by atoms with E-state index >= 15 is 0 Å². The Labute approximate surface area is 159 Å². The van der Waals surface area contributed by atoms with Crippen molar-refractivity contribution in [3.63, 3.8) is 0 Å². The highest BCUT2D eigenvalue weighted by atomic mass is 16.1. The van der Waals surface area contributed by atoms with Gasteiger partial charge in [0.2, 0.25) is 5.91 Å². The Morgan fingerprint density at radius 3 is 3.04 bits per heavy atom. The summed E-state index contributed by atoms with van der Waals surface area (Å²) in [6.07, 6.45) is 8.36. The first-order valence-electron chi connectivity index (χ1n) is 9.48. The second kappa shape index (κ2) is 7.42. The normalized spacial score (nSPS) is 22.9. The number of guanidine groups is 1. The predicted octanol–water partition coefficient (Wildman–Crippen LogP) is 1.55. The molecule has 27 heavy (non-hydrogen) atoms. The maximum absolute atomic E-state index is 11.7. The van der Waals surface area contributed by atoms with E-state index in [1.54, 1.807) is 6.20 Å². The molecule has 3 heterocycles. The summed E-state index contributed by atoms with van der Waals surface area (Å²) in [5, 5.41) is 6.52. The number of piperidine rings is 1. The molecule has 7 nitrogen and oxygen atoms in total. The van der Waals surface area contributed by atoms with Gasteiger partial charge in [0.1, 0.15) is 0 Å². The lowest BCUT2D eigenvalue weighted by atomic mass is 9.79. The van der Waals surface area contributed by atoms with E-state index in [0.717, 1.165) is 44.1 Å². The molecule has 7 heteroatoms. The molecule has 1 aromatic heterocycles. The second-order valence-corrected chi connectivity index (χ2v) is 7.48. The first-order chi connectivity index (χ1) is 13.2. The van der Waals surface area contributed by atoms with Gasteiger partial charge in [-0.15, -0.1) is 0 Å². The summed E-state index contributed by atoms with van der Waals surface area (Å²) >= 11 is 0. The van der Waals surface area contributed by atoms with Gasteiger partial charge in [0.05, 0.1) is 12.0 Å². The Hall–Kier alpha value is -2.83. The lowest BCUT2D eigenvalue weighted by Gasteiger charge is -2.40. The van der Waals surface area contributed by atoms with Crippen molar-refractivity contribution >= 4 is 11.9 Å². The Balaban J connectivity index is 1.45. The van der Waals surface area contributed by atoms with E-state index in [2.05, 4.69) is 37.6 Å². The smallest absolute Gasteiger partial charge is 0.220 e. The average Bonchev–Trinajstić information content (AvgIpc) is 3.33. The number of aliphatic imine (C=N–C) groups is 1. The molecule has 0 bridgehead atoms. The van der Waals surface area contributed by atoms with Crippen LogP contribution in [0.4, 0.5) is 0 Å². The molecular weight excluding hydrogens is 340 g/mol. The van der Waals surface area contributed by atoms with E-state index < -0.39 is 0 Å².